The molecule has 1 heterocycles. The van der Waals surface area contributed by atoms with Crippen molar-refractivity contribution in [1.82, 2.24) is 5.16 Å². The number of nitrogen functional groups attached to an aromatic ring is 1. The van der Waals surface area contributed by atoms with Gasteiger partial charge in [-0.2, -0.15) is 0 Å². The van der Waals surface area contributed by atoms with Gasteiger partial charge >= 0.3 is 0 Å². The number of anilines is 1. The first-order valence-corrected chi connectivity index (χ1v) is 4.60. The maximum Gasteiger partial charge on any atom is 0.222 e. The van der Waals surface area contributed by atoms with Crippen molar-refractivity contribution in [3.63, 3.8) is 0 Å². The molecule has 0 saturated heterocycles. The number of aromatic hydroxyl groups is 1. The molecule has 0 radical (unpaired) electrons. The minimum Gasteiger partial charge on any atom is -0.507 e. The van der Waals surface area contributed by atoms with Crippen LogP contribution in [0.15, 0.2) is 22.7 Å². The monoisotopic (exact) mass is 204 g/mol. The van der Waals surface area contributed by atoms with E-state index in [0.717, 1.165) is 16.7 Å². The number of rotatable bonds is 1. The van der Waals surface area contributed by atoms with Gasteiger partial charge in [0, 0.05) is 11.6 Å². The number of nitrogens with two attached hydrogens (primary N) is 1. The highest BCUT2D eigenvalue weighted by Crippen LogP contribution is 2.28. The van der Waals surface area contributed by atoms with Gasteiger partial charge in [0.1, 0.15) is 11.4 Å². The molecule has 2 rings (SSSR count). The molecule has 2 aromatic rings. The molecule has 0 spiro atoms. The Labute approximate surface area is 87.3 Å². The van der Waals surface area contributed by atoms with Crippen LogP contribution in [0.4, 0.5) is 5.88 Å². The molecule has 0 aliphatic rings. The zero-order valence-corrected chi connectivity index (χ0v) is 8.61. The topological polar surface area (TPSA) is 72.3 Å². The van der Waals surface area contributed by atoms with Crippen molar-refractivity contribution in [2.24, 2.45) is 0 Å². The Kier molecular flexibility index (Phi) is 2.11. The Morgan fingerprint density at radius 2 is 1.80 bits per heavy atom. The number of hydrogen-bond acceptors (Lipinski definition) is 4. The van der Waals surface area contributed by atoms with Crippen molar-refractivity contribution in [3.8, 4) is 17.0 Å². The van der Waals surface area contributed by atoms with Crippen LogP contribution in [0.2, 0.25) is 0 Å². The molecule has 15 heavy (non-hydrogen) atoms. The number of hydrogen-bond donors (Lipinski definition) is 2. The zero-order valence-electron chi connectivity index (χ0n) is 8.61. The fourth-order valence-electron chi connectivity index (χ4n) is 1.53. The third-order valence-corrected chi connectivity index (χ3v) is 2.32. The molecular formula is C11H12N2O2. The van der Waals surface area contributed by atoms with Gasteiger partial charge in [-0.3, -0.25) is 0 Å². The maximum atomic E-state index is 9.61. The van der Waals surface area contributed by atoms with Gasteiger partial charge in [0.15, 0.2) is 0 Å². The van der Waals surface area contributed by atoms with Crippen molar-refractivity contribution in [1.29, 1.82) is 0 Å². The molecular weight excluding hydrogens is 192 g/mol. The minimum atomic E-state index is 0.286. The molecule has 0 atom stereocenters. The third-order valence-electron chi connectivity index (χ3n) is 2.32. The van der Waals surface area contributed by atoms with Crippen LogP contribution >= 0.6 is 0 Å². The van der Waals surface area contributed by atoms with Gasteiger partial charge in [0.25, 0.3) is 0 Å². The zero-order chi connectivity index (χ0) is 11.0. The van der Waals surface area contributed by atoms with Crippen LogP contribution in [-0.4, -0.2) is 10.3 Å². The van der Waals surface area contributed by atoms with Gasteiger partial charge in [0.2, 0.25) is 5.88 Å². The van der Waals surface area contributed by atoms with Gasteiger partial charge in [0.05, 0.1) is 0 Å². The molecule has 3 N–H and O–H groups in total. The summed E-state index contributed by atoms with van der Waals surface area (Å²) < 4.78 is 4.79. The molecule has 78 valence electrons. The summed E-state index contributed by atoms with van der Waals surface area (Å²) in [5.41, 5.74) is 8.64. The second kappa shape index (κ2) is 3.31. The van der Waals surface area contributed by atoms with E-state index in [1.807, 2.05) is 26.0 Å². The van der Waals surface area contributed by atoms with Crippen LogP contribution in [-0.2, 0) is 0 Å². The third kappa shape index (κ3) is 1.66. The SMILES string of the molecule is Cc1cc(-c2cc(N)on2)cc(C)c1O. The molecule has 0 saturated carbocycles. The Bertz CT molecular complexity index is 480. The Balaban J connectivity index is 2.55. The minimum absolute atomic E-state index is 0.286. The second-order valence-electron chi connectivity index (χ2n) is 3.57. The number of benzene rings is 1. The van der Waals surface area contributed by atoms with E-state index in [9.17, 15) is 5.11 Å². The maximum absolute atomic E-state index is 9.61. The highest BCUT2D eigenvalue weighted by Gasteiger charge is 2.08. The predicted molar refractivity (Wildman–Crippen MR) is 57.5 cm³/mol. The van der Waals surface area contributed by atoms with Gasteiger partial charge in [-0.25, -0.2) is 0 Å². The standard InChI is InChI=1S/C11H12N2O2/c1-6-3-8(4-7(2)11(6)14)9-5-10(12)15-13-9/h3-5,14H,12H2,1-2H3. The van der Waals surface area contributed by atoms with Gasteiger partial charge in [-0.1, -0.05) is 5.16 Å². The summed E-state index contributed by atoms with van der Waals surface area (Å²) in [4.78, 5) is 0. The Morgan fingerprint density at radius 1 is 1.20 bits per heavy atom. The summed E-state index contributed by atoms with van der Waals surface area (Å²) in [5.74, 6) is 0.601. The molecule has 4 nitrogen and oxygen atoms in total. The highest BCUT2D eigenvalue weighted by atomic mass is 16.5. The predicted octanol–water partition coefficient (Wildman–Crippen LogP) is 2.25. The molecule has 0 unspecified atom stereocenters. The summed E-state index contributed by atoms with van der Waals surface area (Å²) in [6.45, 7) is 3.69. The summed E-state index contributed by atoms with van der Waals surface area (Å²) in [6.07, 6.45) is 0. The summed E-state index contributed by atoms with van der Waals surface area (Å²) in [6, 6.07) is 5.35. The molecule has 0 bridgehead atoms. The number of phenols is 1. The smallest absolute Gasteiger partial charge is 0.222 e. The lowest BCUT2D eigenvalue weighted by Gasteiger charge is -2.05. The summed E-state index contributed by atoms with van der Waals surface area (Å²) in [5, 5.41) is 13.4. The van der Waals surface area contributed by atoms with Gasteiger partial charge in [-0.15, -0.1) is 0 Å². The average molecular weight is 204 g/mol. The summed E-state index contributed by atoms with van der Waals surface area (Å²) >= 11 is 0. The molecule has 1 aromatic heterocycles. The van der Waals surface area contributed by atoms with Crippen molar-refractivity contribution in [3.05, 3.63) is 29.3 Å². The normalized spacial score (nSPS) is 10.5. The quantitative estimate of drug-likeness (QED) is 0.747. The van der Waals surface area contributed by atoms with E-state index >= 15 is 0 Å². The highest BCUT2D eigenvalue weighted by molar-refractivity contribution is 5.65. The lowest BCUT2D eigenvalue weighted by Crippen LogP contribution is -1.84. The van der Waals surface area contributed by atoms with Gasteiger partial charge < -0.3 is 15.4 Å². The van der Waals surface area contributed by atoms with Crippen molar-refractivity contribution in [2.45, 2.75) is 13.8 Å². The van der Waals surface area contributed by atoms with E-state index in [-0.39, 0.29) is 5.88 Å². The van der Waals surface area contributed by atoms with E-state index in [4.69, 9.17) is 10.3 Å². The van der Waals surface area contributed by atoms with Crippen LogP contribution in [0.25, 0.3) is 11.3 Å². The number of phenolic OH excluding ortho intramolecular Hbond substituents is 1. The molecule has 1 aromatic carbocycles. The number of nitrogens with zero attached hydrogens (tertiary/aromatic N) is 1. The van der Waals surface area contributed by atoms with Crippen molar-refractivity contribution >= 4 is 5.88 Å². The molecule has 4 heteroatoms. The largest absolute Gasteiger partial charge is 0.507 e. The van der Waals surface area contributed by atoms with Crippen LogP contribution in [0.3, 0.4) is 0 Å². The first-order chi connectivity index (χ1) is 7.08. The van der Waals surface area contributed by atoms with Crippen molar-refractivity contribution in [2.75, 3.05) is 5.73 Å². The molecule has 0 aliphatic heterocycles. The van der Waals surface area contributed by atoms with Crippen LogP contribution in [0.1, 0.15) is 11.1 Å². The van der Waals surface area contributed by atoms with Crippen LogP contribution in [0.5, 0.6) is 5.75 Å². The molecule has 0 aliphatic carbocycles. The van der Waals surface area contributed by atoms with E-state index in [0.29, 0.717) is 11.4 Å². The lowest BCUT2D eigenvalue weighted by molar-refractivity contribution is 0.439. The Hall–Kier alpha value is -1.97. The van der Waals surface area contributed by atoms with E-state index in [1.54, 1.807) is 6.07 Å². The number of aryl methyl sites for hydroxylation is 2. The Morgan fingerprint density at radius 3 is 2.27 bits per heavy atom. The van der Waals surface area contributed by atoms with E-state index in [1.165, 1.54) is 0 Å². The average Bonchev–Trinajstić information content (AvgIpc) is 2.60. The first-order valence-electron chi connectivity index (χ1n) is 4.60. The van der Waals surface area contributed by atoms with Crippen LogP contribution in [0, 0.1) is 13.8 Å². The van der Waals surface area contributed by atoms with E-state index < -0.39 is 0 Å². The van der Waals surface area contributed by atoms with Gasteiger partial charge in [-0.05, 0) is 37.1 Å². The second-order valence-corrected chi connectivity index (χ2v) is 3.57. The first kappa shape index (κ1) is 9.58. The molecule has 0 fully saturated rings. The van der Waals surface area contributed by atoms with Crippen LogP contribution < -0.4 is 5.73 Å². The van der Waals surface area contributed by atoms with Crippen molar-refractivity contribution < 1.29 is 9.63 Å². The number of aromatic nitrogens is 1. The summed E-state index contributed by atoms with van der Waals surface area (Å²) in [7, 11) is 0. The fraction of sp³-hybridized carbons (Fsp3) is 0.182. The lowest BCUT2D eigenvalue weighted by atomic mass is 10.0. The fourth-order valence-corrected chi connectivity index (χ4v) is 1.53. The molecule has 0 amide bonds. The van der Waals surface area contributed by atoms with E-state index in [2.05, 4.69) is 5.16 Å².